The lowest BCUT2D eigenvalue weighted by atomic mass is 10.2. The Labute approximate surface area is 114 Å². The molecule has 2 rings (SSSR count). The molecule has 19 heavy (non-hydrogen) atoms. The maximum Gasteiger partial charge on any atom is 0.211 e. The average Bonchev–Trinajstić information content (AvgIpc) is 2.88. The van der Waals surface area contributed by atoms with Gasteiger partial charge in [0.25, 0.3) is 0 Å². The van der Waals surface area contributed by atoms with Gasteiger partial charge in [0.1, 0.15) is 0 Å². The number of hydrogen-bond donors (Lipinski definition) is 2. The molecule has 0 unspecified atom stereocenters. The van der Waals surface area contributed by atoms with E-state index in [9.17, 15) is 8.42 Å². The van der Waals surface area contributed by atoms with Gasteiger partial charge in [-0.05, 0) is 37.0 Å². The molecule has 0 spiro atoms. The molecule has 0 bridgehead atoms. The van der Waals surface area contributed by atoms with E-state index >= 15 is 0 Å². The van der Waals surface area contributed by atoms with Crippen molar-refractivity contribution in [1.29, 1.82) is 0 Å². The molecule has 1 atom stereocenters. The van der Waals surface area contributed by atoms with Crippen molar-refractivity contribution in [3.63, 3.8) is 0 Å². The van der Waals surface area contributed by atoms with Crippen molar-refractivity contribution in [2.75, 3.05) is 18.1 Å². The number of hydrogen-bond acceptors (Lipinski definition) is 4. The Hall–Kier alpha value is -1.11. The number of ether oxygens (including phenoxy) is 1. The number of anilines is 1. The molecule has 1 aliphatic rings. The highest BCUT2D eigenvalue weighted by Crippen LogP contribution is 2.15. The SMILES string of the molecule is Nc1cccc(CNS(=O)(=O)CC[C@H]2CCCO2)c1. The molecule has 5 nitrogen and oxygen atoms in total. The van der Waals surface area contributed by atoms with E-state index in [0.717, 1.165) is 25.0 Å². The van der Waals surface area contributed by atoms with Crippen LogP contribution in [0, 0.1) is 0 Å². The van der Waals surface area contributed by atoms with Crippen LogP contribution in [0.4, 0.5) is 5.69 Å². The van der Waals surface area contributed by atoms with E-state index in [1.165, 1.54) is 0 Å². The van der Waals surface area contributed by atoms with Gasteiger partial charge in [-0.2, -0.15) is 0 Å². The third kappa shape index (κ3) is 4.81. The summed E-state index contributed by atoms with van der Waals surface area (Å²) in [5, 5.41) is 0. The number of nitrogen functional groups attached to an aromatic ring is 1. The monoisotopic (exact) mass is 284 g/mol. The van der Waals surface area contributed by atoms with E-state index in [-0.39, 0.29) is 18.4 Å². The second kappa shape index (κ2) is 6.36. The summed E-state index contributed by atoms with van der Waals surface area (Å²) in [6, 6.07) is 7.20. The second-order valence-electron chi connectivity index (χ2n) is 4.81. The molecule has 0 radical (unpaired) electrons. The predicted octanol–water partition coefficient (Wildman–Crippen LogP) is 1.26. The zero-order valence-corrected chi connectivity index (χ0v) is 11.7. The summed E-state index contributed by atoms with van der Waals surface area (Å²) in [7, 11) is -3.25. The Kier molecular flexibility index (Phi) is 4.79. The van der Waals surface area contributed by atoms with Crippen LogP contribution in [0.5, 0.6) is 0 Å². The van der Waals surface area contributed by atoms with Gasteiger partial charge in [0.05, 0.1) is 11.9 Å². The van der Waals surface area contributed by atoms with Crippen LogP contribution in [0.3, 0.4) is 0 Å². The lowest BCUT2D eigenvalue weighted by Crippen LogP contribution is -2.27. The zero-order chi connectivity index (χ0) is 13.7. The normalized spacial score (nSPS) is 19.7. The molecule has 1 aromatic carbocycles. The van der Waals surface area contributed by atoms with Gasteiger partial charge in [-0.3, -0.25) is 0 Å². The summed E-state index contributed by atoms with van der Waals surface area (Å²) < 4.78 is 31.7. The molecule has 1 aromatic rings. The van der Waals surface area contributed by atoms with Gasteiger partial charge in [0.2, 0.25) is 10.0 Å². The van der Waals surface area contributed by atoms with Gasteiger partial charge in [0.15, 0.2) is 0 Å². The third-order valence-electron chi connectivity index (χ3n) is 3.18. The molecule has 1 saturated heterocycles. The molecule has 1 aliphatic heterocycles. The fourth-order valence-electron chi connectivity index (χ4n) is 2.13. The number of benzene rings is 1. The zero-order valence-electron chi connectivity index (χ0n) is 10.8. The van der Waals surface area contributed by atoms with Crippen LogP contribution < -0.4 is 10.5 Å². The minimum absolute atomic E-state index is 0.101. The van der Waals surface area contributed by atoms with E-state index in [1.807, 2.05) is 12.1 Å². The fourth-order valence-corrected chi connectivity index (χ4v) is 3.23. The van der Waals surface area contributed by atoms with Crippen LogP contribution in [0.25, 0.3) is 0 Å². The van der Waals surface area contributed by atoms with Gasteiger partial charge in [-0.15, -0.1) is 0 Å². The maximum absolute atomic E-state index is 11.8. The summed E-state index contributed by atoms with van der Waals surface area (Å²) in [6.45, 7) is 1.03. The van der Waals surface area contributed by atoms with E-state index in [4.69, 9.17) is 10.5 Å². The number of nitrogens with two attached hydrogens (primary N) is 1. The third-order valence-corrected chi connectivity index (χ3v) is 4.54. The molecular weight excluding hydrogens is 264 g/mol. The van der Waals surface area contributed by atoms with Gasteiger partial charge in [-0.1, -0.05) is 12.1 Å². The number of sulfonamides is 1. The summed E-state index contributed by atoms with van der Waals surface area (Å²) in [6.07, 6.45) is 2.65. The first-order valence-electron chi connectivity index (χ1n) is 6.48. The lowest BCUT2D eigenvalue weighted by molar-refractivity contribution is 0.109. The highest BCUT2D eigenvalue weighted by atomic mass is 32.2. The molecule has 0 saturated carbocycles. The van der Waals surface area contributed by atoms with Gasteiger partial charge >= 0.3 is 0 Å². The van der Waals surface area contributed by atoms with Gasteiger partial charge < -0.3 is 10.5 Å². The molecular formula is C13H20N2O3S. The quantitative estimate of drug-likeness (QED) is 0.771. The number of nitrogens with one attached hydrogen (secondary N) is 1. The van der Waals surface area contributed by atoms with Crippen molar-refractivity contribution in [1.82, 2.24) is 4.72 Å². The van der Waals surface area contributed by atoms with Crippen molar-refractivity contribution < 1.29 is 13.2 Å². The molecule has 106 valence electrons. The largest absolute Gasteiger partial charge is 0.399 e. The Morgan fingerprint density at radius 3 is 2.95 bits per heavy atom. The lowest BCUT2D eigenvalue weighted by Gasteiger charge is -2.10. The summed E-state index contributed by atoms with van der Waals surface area (Å²) in [5.74, 6) is 0.111. The van der Waals surface area contributed by atoms with Crippen molar-refractivity contribution >= 4 is 15.7 Å². The molecule has 6 heteroatoms. The Morgan fingerprint density at radius 1 is 1.42 bits per heavy atom. The topological polar surface area (TPSA) is 81.4 Å². The molecule has 0 amide bonds. The van der Waals surface area contributed by atoms with Crippen LogP contribution in [-0.4, -0.2) is 26.9 Å². The minimum Gasteiger partial charge on any atom is -0.399 e. The van der Waals surface area contributed by atoms with Crippen LogP contribution >= 0.6 is 0 Å². The van der Waals surface area contributed by atoms with Crippen LogP contribution in [0.15, 0.2) is 24.3 Å². The Morgan fingerprint density at radius 2 is 2.26 bits per heavy atom. The van der Waals surface area contributed by atoms with E-state index in [1.54, 1.807) is 12.1 Å². The smallest absolute Gasteiger partial charge is 0.211 e. The standard InChI is InChI=1S/C13H20N2O3S/c14-12-4-1-3-11(9-12)10-15-19(16,17)8-6-13-5-2-7-18-13/h1,3-4,9,13,15H,2,5-8,10,14H2/t13-/m1/s1. The first-order chi connectivity index (χ1) is 9.05. The van der Waals surface area contributed by atoms with Crippen LogP contribution in [-0.2, 0) is 21.3 Å². The highest BCUT2D eigenvalue weighted by molar-refractivity contribution is 7.89. The van der Waals surface area contributed by atoms with E-state index < -0.39 is 10.0 Å². The molecule has 1 heterocycles. The molecule has 0 aromatic heterocycles. The van der Waals surface area contributed by atoms with Crippen LogP contribution in [0.1, 0.15) is 24.8 Å². The maximum atomic E-state index is 11.8. The van der Waals surface area contributed by atoms with Crippen molar-refractivity contribution in [2.24, 2.45) is 0 Å². The molecule has 0 aliphatic carbocycles. The first kappa shape index (κ1) is 14.3. The van der Waals surface area contributed by atoms with Crippen molar-refractivity contribution in [3.8, 4) is 0 Å². The summed E-state index contributed by atoms with van der Waals surface area (Å²) >= 11 is 0. The highest BCUT2D eigenvalue weighted by Gasteiger charge is 2.19. The molecule has 3 N–H and O–H groups in total. The second-order valence-corrected chi connectivity index (χ2v) is 6.74. The van der Waals surface area contributed by atoms with E-state index in [2.05, 4.69) is 4.72 Å². The Bertz CT molecular complexity index is 510. The van der Waals surface area contributed by atoms with E-state index in [0.29, 0.717) is 12.1 Å². The summed E-state index contributed by atoms with van der Waals surface area (Å²) in [5.41, 5.74) is 7.14. The van der Waals surface area contributed by atoms with Gasteiger partial charge in [-0.25, -0.2) is 13.1 Å². The first-order valence-corrected chi connectivity index (χ1v) is 8.14. The van der Waals surface area contributed by atoms with Crippen LogP contribution in [0.2, 0.25) is 0 Å². The van der Waals surface area contributed by atoms with Crippen molar-refractivity contribution in [3.05, 3.63) is 29.8 Å². The fraction of sp³-hybridized carbons (Fsp3) is 0.538. The average molecular weight is 284 g/mol. The number of rotatable bonds is 6. The Balaban J connectivity index is 1.80. The minimum atomic E-state index is -3.25. The molecule has 1 fully saturated rings. The predicted molar refractivity (Wildman–Crippen MR) is 75.1 cm³/mol. The summed E-state index contributed by atoms with van der Waals surface area (Å²) in [4.78, 5) is 0. The van der Waals surface area contributed by atoms with Crippen molar-refractivity contribution in [2.45, 2.75) is 31.9 Å². The van der Waals surface area contributed by atoms with Gasteiger partial charge in [0, 0.05) is 18.8 Å².